The number of ether oxygens (including phenoxy) is 1. The zero-order valence-electron chi connectivity index (χ0n) is 10.5. The Morgan fingerprint density at radius 3 is 2.62 bits per heavy atom. The van der Waals surface area contributed by atoms with Crippen LogP contribution in [0, 0.1) is 6.92 Å². The quantitative estimate of drug-likeness (QED) is 0.577. The van der Waals surface area contributed by atoms with Crippen molar-refractivity contribution in [1.29, 1.82) is 0 Å². The van der Waals surface area contributed by atoms with Crippen LogP contribution in [0.2, 0.25) is 0 Å². The first-order valence-electron chi connectivity index (χ1n) is 5.99. The Bertz CT molecular complexity index is 321. The lowest BCUT2D eigenvalue weighted by Crippen LogP contribution is -2.02. The van der Waals surface area contributed by atoms with Crippen molar-refractivity contribution in [2.24, 2.45) is 0 Å². The van der Waals surface area contributed by atoms with Crippen LogP contribution in [-0.2, 0) is 0 Å². The summed E-state index contributed by atoms with van der Waals surface area (Å²) >= 11 is 4.19. The van der Waals surface area contributed by atoms with Gasteiger partial charge in [0.2, 0.25) is 0 Å². The summed E-state index contributed by atoms with van der Waals surface area (Å²) in [5.74, 6) is 2.50. The van der Waals surface area contributed by atoms with E-state index in [1.54, 1.807) is 0 Å². The molecule has 0 radical (unpaired) electrons. The first-order chi connectivity index (χ1) is 7.65. The van der Waals surface area contributed by atoms with E-state index >= 15 is 0 Å². The van der Waals surface area contributed by atoms with Crippen molar-refractivity contribution < 1.29 is 4.74 Å². The Morgan fingerprint density at radius 1 is 1.25 bits per heavy atom. The van der Waals surface area contributed by atoms with Gasteiger partial charge in [-0.05, 0) is 48.6 Å². The molecule has 0 saturated carbocycles. The molecule has 90 valence electrons. The molecule has 0 spiro atoms. The minimum atomic E-state index is 0.514. The highest BCUT2D eigenvalue weighted by atomic mass is 32.1. The smallest absolute Gasteiger partial charge is 0.122 e. The highest BCUT2D eigenvalue weighted by molar-refractivity contribution is 7.80. The number of benzene rings is 1. The third-order valence-electron chi connectivity index (χ3n) is 2.60. The summed E-state index contributed by atoms with van der Waals surface area (Å²) in [5, 5.41) is 0. The van der Waals surface area contributed by atoms with Gasteiger partial charge in [-0.1, -0.05) is 26.0 Å². The lowest BCUT2D eigenvalue weighted by molar-refractivity contribution is 0.305. The molecule has 0 aromatic heterocycles. The van der Waals surface area contributed by atoms with Gasteiger partial charge in [-0.25, -0.2) is 0 Å². The summed E-state index contributed by atoms with van der Waals surface area (Å²) in [5.41, 5.74) is 2.56. The molecule has 0 heterocycles. The summed E-state index contributed by atoms with van der Waals surface area (Å²) in [6.07, 6.45) is 2.20. The second-order valence-electron chi connectivity index (χ2n) is 4.48. The second-order valence-corrected chi connectivity index (χ2v) is 4.92. The van der Waals surface area contributed by atoms with E-state index < -0.39 is 0 Å². The summed E-state index contributed by atoms with van der Waals surface area (Å²) in [6, 6.07) is 6.46. The molecule has 0 fully saturated rings. The molecule has 0 N–H and O–H groups in total. The van der Waals surface area contributed by atoms with Crippen LogP contribution in [0.3, 0.4) is 0 Å². The highest BCUT2D eigenvalue weighted by Gasteiger charge is 2.07. The topological polar surface area (TPSA) is 9.23 Å². The predicted molar refractivity (Wildman–Crippen MR) is 73.9 cm³/mol. The number of thiol groups is 1. The number of hydrogen-bond donors (Lipinski definition) is 1. The average molecular weight is 238 g/mol. The van der Waals surface area contributed by atoms with Crippen LogP contribution in [0.4, 0.5) is 0 Å². The van der Waals surface area contributed by atoms with Crippen molar-refractivity contribution >= 4 is 12.6 Å². The van der Waals surface area contributed by atoms with Crippen molar-refractivity contribution in [3.63, 3.8) is 0 Å². The van der Waals surface area contributed by atoms with Crippen LogP contribution < -0.4 is 4.74 Å². The fraction of sp³-hybridized carbons (Fsp3) is 0.571. The van der Waals surface area contributed by atoms with Gasteiger partial charge in [-0.3, -0.25) is 0 Å². The maximum absolute atomic E-state index is 5.85. The largest absolute Gasteiger partial charge is 0.493 e. The number of aryl methyl sites for hydroxylation is 1. The van der Waals surface area contributed by atoms with E-state index in [9.17, 15) is 0 Å². The third-order valence-corrected chi connectivity index (χ3v) is 2.92. The molecule has 0 aliphatic rings. The summed E-state index contributed by atoms with van der Waals surface area (Å²) in [4.78, 5) is 0. The van der Waals surface area contributed by atoms with E-state index in [4.69, 9.17) is 4.74 Å². The standard InChI is InChI=1S/C14H22OS/c1-11(2)13-7-6-12(3)10-14(13)15-8-4-5-9-16/h6-7,10-11,16H,4-5,8-9H2,1-3H3. The summed E-state index contributed by atoms with van der Waals surface area (Å²) in [6.45, 7) is 7.30. The minimum absolute atomic E-state index is 0.514. The molecule has 0 aliphatic heterocycles. The molecule has 0 amide bonds. The molecular formula is C14H22OS. The van der Waals surface area contributed by atoms with Gasteiger partial charge in [-0.15, -0.1) is 0 Å². The van der Waals surface area contributed by atoms with Gasteiger partial charge in [0.05, 0.1) is 6.61 Å². The number of rotatable bonds is 6. The van der Waals surface area contributed by atoms with Crippen LogP contribution >= 0.6 is 12.6 Å². The summed E-state index contributed by atoms with van der Waals surface area (Å²) < 4.78 is 5.85. The van der Waals surface area contributed by atoms with Gasteiger partial charge >= 0.3 is 0 Å². The van der Waals surface area contributed by atoms with Crippen molar-refractivity contribution in [2.75, 3.05) is 12.4 Å². The minimum Gasteiger partial charge on any atom is -0.493 e. The SMILES string of the molecule is Cc1ccc(C(C)C)c(OCCCCS)c1. The number of hydrogen-bond acceptors (Lipinski definition) is 2. The van der Waals surface area contributed by atoms with E-state index in [0.717, 1.165) is 31.0 Å². The van der Waals surface area contributed by atoms with Crippen molar-refractivity contribution in [2.45, 2.75) is 39.5 Å². The molecule has 1 aromatic carbocycles. The molecule has 0 bridgehead atoms. The van der Waals surface area contributed by atoms with Crippen LogP contribution in [0.25, 0.3) is 0 Å². The Kier molecular flexibility index (Phi) is 5.75. The lowest BCUT2D eigenvalue weighted by atomic mass is 10.0. The lowest BCUT2D eigenvalue weighted by Gasteiger charge is -2.14. The van der Waals surface area contributed by atoms with Gasteiger partial charge in [0.1, 0.15) is 5.75 Å². The fourth-order valence-corrected chi connectivity index (χ4v) is 1.86. The van der Waals surface area contributed by atoms with Crippen molar-refractivity contribution in [3.05, 3.63) is 29.3 Å². The first kappa shape index (κ1) is 13.4. The molecule has 0 atom stereocenters. The predicted octanol–water partition coefficient (Wildman–Crippen LogP) is 4.21. The molecule has 16 heavy (non-hydrogen) atoms. The Hall–Kier alpha value is -0.630. The van der Waals surface area contributed by atoms with Gasteiger partial charge in [0.15, 0.2) is 0 Å². The summed E-state index contributed by atoms with van der Waals surface area (Å²) in [7, 11) is 0. The monoisotopic (exact) mass is 238 g/mol. The molecule has 0 aliphatic carbocycles. The van der Waals surface area contributed by atoms with Gasteiger partial charge in [0.25, 0.3) is 0 Å². The average Bonchev–Trinajstić information content (AvgIpc) is 2.24. The van der Waals surface area contributed by atoms with E-state index in [1.165, 1.54) is 11.1 Å². The number of unbranched alkanes of at least 4 members (excludes halogenated alkanes) is 1. The fourth-order valence-electron chi connectivity index (χ4n) is 1.64. The van der Waals surface area contributed by atoms with Gasteiger partial charge < -0.3 is 4.74 Å². The molecule has 1 nitrogen and oxygen atoms in total. The molecule has 0 unspecified atom stereocenters. The van der Waals surface area contributed by atoms with Gasteiger partial charge in [-0.2, -0.15) is 12.6 Å². The van der Waals surface area contributed by atoms with Gasteiger partial charge in [0, 0.05) is 0 Å². The van der Waals surface area contributed by atoms with Crippen LogP contribution in [-0.4, -0.2) is 12.4 Å². The van der Waals surface area contributed by atoms with Crippen molar-refractivity contribution in [1.82, 2.24) is 0 Å². The molecule has 1 rings (SSSR count). The Balaban J connectivity index is 2.65. The molecular weight excluding hydrogens is 216 g/mol. The second kappa shape index (κ2) is 6.85. The van der Waals surface area contributed by atoms with Crippen molar-refractivity contribution in [3.8, 4) is 5.75 Å². The van der Waals surface area contributed by atoms with Crippen LogP contribution in [0.15, 0.2) is 18.2 Å². The normalized spacial score (nSPS) is 10.8. The molecule has 2 heteroatoms. The van der Waals surface area contributed by atoms with Crippen LogP contribution in [0.1, 0.15) is 43.7 Å². The third kappa shape index (κ3) is 4.09. The zero-order valence-corrected chi connectivity index (χ0v) is 11.4. The van der Waals surface area contributed by atoms with E-state index in [1.807, 2.05) is 0 Å². The maximum Gasteiger partial charge on any atom is 0.122 e. The van der Waals surface area contributed by atoms with E-state index in [-0.39, 0.29) is 0 Å². The Morgan fingerprint density at radius 2 is 2.00 bits per heavy atom. The zero-order chi connectivity index (χ0) is 12.0. The Labute approximate surface area is 105 Å². The maximum atomic E-state index is 5.85. The van der Waals surface area contributed by atoms with E-state index in [0.29, 0.717) is 5.92 Å². The van der Waals surface area contributed by atoms with E-state index in [2.05, 4.69) is 51.6 Å². The highest BCUT2D eigenvalue weighted by Crippen LogP contribution is 2.27. The van der Waals surface area contributed by atoms with Crippen LogP contribution in [0.5, 0.6) is 5.75 Å². The molecule has 1 aromatic rings. The first-order valence-corrected chi connectivity index (χ1v) is 6.62. The molecule has 0 saturated heterocycles.